The molecule has 0 atom stereocenters. The monoisotopic (exact) mass is 343 g/mol. The Morgan fingerprint density at radius 1 is 1.12 bits per heavy atom. The lowest BCUT2D eigenvalue weighted by atomic mass is 10.1. The highest BCUT2D eigenvalue weighted by Gasteiger charge is 2.20. The van der Waals surface area contributed by atoms with Crippen LogP contribution >= 0.6 is 11.6 Å². The molecule has 3 rings (SSSR count). The van der Waals surface area contributed by atoms with Crippen molar-refractivity contribution >= 4 is 23.1 Å². The number of hydrogen-bond acceptors (Lipinski definition) is 5. The van der Waals surface area contributed by atoms with Gasteiger partial charge >= 0.3 is 0 Å². The minimum atomic E-state index is -1.01. The van der Waals surface area contributed by atoms with Crippen LogP contribution in [0.25, 0.3) is 5.95 Å². The van der Waals surface area contributed by atoms with Gasteiger partial charge < -0.3 is 10.4 Å². The third-order valence-electron chi connectivity index (χ3n) is 3.38. The predicted octanol–water partition coefficient (Wildman–Crippen LogP) is 3.60. The van der Waals surface area contributed by atoms with Crippen LogP contribution in [0.2, 0.25) is 5.02 Å². The van der Waals surface area contributed by atoms with Gasteiger partial charge in [-0.3, -0.25) is 0 Å². The van der Waals surface area contributed by atoms with E-state index in [0.29, 0.717) is 22.5 Å². The highest BCUT2D eigenvalue weighted by Crippen LogP contribution is 2.20. The van der Waals surface area contributed by atoms with Crippen molar-refractivity contribution in [1.29, 1.82) is 0 Å². The van der Waals surface area contributed by atoms with Gasteiger partial charge in [0.1, 0.15) is 11.4 Å². The quantitative estimate of drug-likeness (QED) is 0.757. The molecule has 7 heteroatoms. The summed E-state index contributed by atoms with van der Waals surface area (Å²) in [6.45, 7) is 5.26. The van der Waals surface area contributed by atoms with Crippen molar-refractivity contribution in [2.75, 3.05) is 5.32 Å². The fourth-order valence-electron chi connectivity index (χ4n) is 2.16. The zero-order valence-corrected chi connectivity index (χ0v) is 14.4. The van der Waals surface area contributed by atoms with Crippen LogP contribution in [0.3, 0.4) is 0 Å². The Labute approximate surface area is 145 Å². The number of rotatable bonds is 4. The summed E-state index contributed by atoms with van der Waals surface area (Å²) in [6.07, 6.45) is 1.73. The van der Waals surface area contributed by atoms with Crippen LogP contribution in [0.1, 0.15) is 25.2 Å². The standard InChI is InChI=1S/C17H18ClN5O/c1-11-10-15(20-13-6-4-12(18)5-7-13)21-16(19-11)23-9-8-14(22-23)17(2,3)24/h4-10,24H,1-3H3,(H,19,20,21). The number of aromatic nitrogens is 4. The highest BCUT2D eigenvalue weighted by atomic mass is 35.5. The van der Waals surface area contributed by atoms with Gasteiger partial charge in [-0.2, -0.15) is 10.1 Å². The largest absolute Gasteiger partial charge is 0.384 e. The molecule has 0 aliphatic carbocycles. The first-order chi connectivity index (χ1) is 11.3. The van der Waals surface area contributed by atoms with E-state index >= 15 is 0 Å². The second-order valence-corrected chi connectivity index (χ2v) is 6.47. The Hall–Kier alpha value is -2.44. The molecule has 2 N–H and O–H groups in total. The Bertz CT molecular complexity index is 852. The van der Waals surface area contributed by atoms with Crippen molar-refractivity contribution in [3.63, 3.8) is 0 Å². The molecule has 0 saturated carbocycles. The molecule has 6 nitrogen and oxygen atoms in total. The summed E-state index contributed by atoms with van der Waals surface area (Å²) >= 11 is 5.90. The summed E-state index contributed by atoms with van der Waals surface area (Å²) in [4.78, 5) is 8.88. The molecule has 0 aliphatic heterocycles. The topological polar surface area (TPSA) is 75.9 Å². The molecule has 2 heterocycles. The Morgan fingerprint density at radius 2 is 1.83 bits per heavy atom. The van der Waals surface area contributed by atoms with Crippen LogP contribution in [-0.4, -0.2) is 24.9 Å². The van der Waals surface area contributed by atoms with Crippen LogP contribution in [0.15, 0.2) is 42.6 Å². The molecule has 0 aliphatic rings. The molecule has 0 amide bonds. The van der Waals surface area contributed by atoms with Crippen LogP contribution in [0.4, 0.5) is 11.5 Å². The first-order valence-corrected chi connectivity index (χ1v) is 7.86. The van der Waals surface area contributed by atoms with Gasteiger partial charge in [0, 0.05) is 28.7 Å². The molecule has 0 spiro atoms. The Balaban J connectivity index is 1.91. The highest BCUT2D eigenvalue weighted by molar-refractivity contribution is 6.30. The lowest BCUT2D eigenvalue weighted by molar-refractivity contribution is 0.0734. The van der Waals surface area contributed by atoms with Gasteiger partial charge in [-0.1, -0.05) is 11.6 Å². The molecular formula is C17H18ClN5O. The molecule has 24 heavy (non-hydrogen) atoms. The number of hydrogen-bond donors (Lipinski definition) is 2. The van der Waals surface area contributed by atoms with E-state index in [4.69, 9.17) is 11.6 Å². The zero-order valence-electron chi connectivity index (χ0n) is 13.7. The lowest BCUT2D eigenvalue weighted by Crippen LogP contribution is -2.17. The van der Waals surface area contributed by atoms with E-state index in [-0.39, 0.29) is 0 Å². The third-order valence-corrected chi connectivity index (χ3v) is 3.63. The average Bonchev–Trinajstić information content (AvgIpc) is 2.99. The Kier molecular flexibility index (Phi) is 4.26. The number of nitrogens with zero attached hydrogens (tertiary/aromatic N) is 4. The molecular weight excluding hydrogens is 326 g/mol. The van der Waals surface area contributed by atoms with Crippen molar-refractivity contribution in [3.05, 3.63) is 59.0 Å². The van der Waals surface area contributed by atoms with Gasteiger partial charge in [-0.15, -0.1) is 0 Å². The van der Waals surface area contributed by atoms with Crippen molar-refractivity contribution in [2.24, 2.45) is 0 Å². The fraction of sp³-hybridized carbons (Fsp3) is 0.235. The van der Waals surface area contributed by atoms with E-state index < -0.39 is 5.60 Å². The Morgan fingerprint density at radius 3 is 2.46 bits per heavy atom. The number of halogens is 1. The number of aryl methyl sites for hydroxylation is 1. The number of nitrogens with one attached hydrogen (secondary N) is 1. The minimum absolute atomic E-state index is 0.432. The summed E-state index contributed by atoms with van der Waals surface area (Å²) in [5.41, 5.74) is 1.22. The maximum absolute atomic E-state index is 10.0. The van der Waals surface area contributed by atoms with Crippen molar-refractivity contribution in [1.82, 2.24) is 19.7 Å². The summed E-state index contributed by atoms with van der Waals surface area (Å²) in [6, 6.07) is 11.0. The molecule has 0 unspecified atom stereocenters. The van der Waals surface area contributed by atoms with Crippen molar-refractivity contribution < 1.29 is 5.11 Å². The van der Waals surface area contributed by atoms with E-state index in [1.807, 2.05) is 37.3 Å². The first-order valence-electron chi connectivity index (χ1n) is 7.48. The molecule has 0 fully saturated rings. The molecule has 3 aromatic rings. The summed E-state index contributed by atoms with van der Waals surface area (Å²) in [5.74, 6) is 1.09. The van der Waals surface area contributed by atoms with E-state index in [1.165, 1.54) is 0 Å². The maximum atomic E-state index is 10.0. The summed E-state index contributed by atoms with van der Waals surface area (Å²) in [5, 5.41) is 18.3. The van der Waals surface area contributed by atoms with E-state index in [9.17, 15) is 5.11 Å². The minimum Gasteiger partial charge on any atom is -0.384 e. The van der Waals surface area contributed by atoms with Crippen LogP contribution in [-0.2, 0) is 5.60 Å². The number of anilines is 2. The van der Waals surface area contributed by atoms with Crippen molar-refractivity contribution in [3.8, 4) is 5.95 Å². The lowest BCUT2D eigenvalue weighted by Gasteiger charge is -2.13. The molecule has 2 aromatic heterocycles. The van der Waals surface area contributed by atoms with Crippen LogP contribution < -0.4 is 5.32 Å². The number of benzene rings is 1. The zero-order chi connectivity index (χ0) is 17.3. The molecule has 0 bridgehead atoms. The predicted molar refractivity (Wildman–Crippen MR) is 93.9 cm³/mol. The van der Waals surface area contributed by atoms with E-state index in [0.717, 1.165) is 11.4 Å². The van der Waals surface area contributed by atoms with E-state index in [1.54, 1.807) is 30.8 Å². The molecule has 0 radical (unpaired) electrons. The van der Waals surface area contributed by atoms with Gasteiger partial charge in [0.15, 0.2) is 0 Å². The fourth-order valence-corrected chi connectivity index (χ4v) is 2.29. The normalized spacial score (nSPS) is 11.5. The maximum Gasteiger partial charge on any atom is 0.252 e. The van der Waals surface area contributed by atoms with Gasteiger partial charge in [0.25, 0.3) is 5.95 Å². The second kappa shape index (κ2) is 6.22. The number of aliphatic hydroxyl groups is 1. The summed E-state index contributed by atoms with van der Waals surface area (Å²) in [7, 11) is 0. The van der Waals surface area contributed by atoms with Gasteiger partial charge in [0.05, 0.1) is 5.69 Å². The SMILES string of the molecule is Cc1cc(Nc2ccc(Cl)cc2)nc(-n2ccc(C(C)(C)O)n2)n1. The molecule has 0 saturated heterocycles. The van der Waals surface area contributed by atoms with Crippen LogP contribution in [0.5, 0.6) is 0 Å². The van der Waals surface area contributed by atoms with E-state index in [2.05, 4.69) is 20.4 Å². The van der Waals surface area contributed by atoms with Gasteiger partial charge in [-0.25, -0.2) is 9.67 Å². The van der Waals surface area contributed by atoms with Crippen LogP contribution in [0, 0.1) is 6.92 Å². The van der Waals surface area contributed by atoms with Crippen molar-refractivity contribution in [2.45, 2.75) is 26.4 Å². The third kappa shape index (κ3) is 3.72. The van der Waals surface area contributed by atoms with Gasteiger partial charge in [-0.05, 0) is 51.1 Å². The van der Waals surface area contributed by atoms with Gasteiger partial charge in [0.2, 0.25) is 0 Å². The molecule has 124 valence electrons. The molecule has 1 aromatic carbocycles. The summed E-state index contributed by atoms with van der Waals surface area (Å²) < 4.78 is 1.55. The smallest absolute Gasteiger partial charge is 0.252 e. The average molecular weight is 344 g/mol. The first kappa shape index (κ1) is 16.4. The second-order valence-electron chi connectivity index (χ2n) is 6.03.